The fraction of sp³-hybridized carbons (Fsp3) is 0.500. The van der Waals surface area contributed by atoms with Gasteiger partial charge in [-0.05, 0) is 114 Å². The number of benzene rings is 1. The van der Waals surface area contributed by atoms with E-state index in [4.69, 9.17) is 9.97 Å². The smallest absolute Gasteiger partial charge is 0.0936 e. The summed E-state index contributed by atoms with van der Waals surface area (Å²) < 4.78 is 0. The summed E-state index contributed by atoms with van der Waals surface area (Å²) in [4.78, 5) is 9.91. The monoisotopic (exact) mass is 514 g/mol. The van der Waals surface area contributed by atoms with Gasteiger partial charge in [0.1, 0.15) is 0 Å². The number of hydrogen-bond donors (Lipinski definition) is 0. The minimum atomic E-state index is -0.506. The Kier molecular flexibility index (Phi) is 6.17. The average Bonchev–Trinajstić information content (AvgIpc) is 2.88. The van der Waals surface area contributed by atoms with E-state index in [0.717, 1.165) is 35.1 Å². The van der Waals surface area contributed by atoms with Gasteiger partial charge in [0.2, 0.25) is 0 Å². The van der Waals surface area contributed by atoms with Gasteiger partial charge in [-0.1, -0.05) is 51.1 Å². The maximum Gasteiger partial charge on any atom is 0.0936 e. The first-order valence-corrected chi connectivity index (χ1v) is 15.1. The fourth-order valence-electron chi connectivity index (χ4n) is 8.35. The van der Waals surface area contributed by atoms with Crippen molar-refractivity contribution in [3.05, 3.63) is 95.1 Å². The molecule has 4 aliphatic carbocycles. The second-order valence-electron chi connectivity index (χ2n) is 12.9. The quantitative estimate of drug-likeness (QED) is 0.329. The maximum absolute atomic E-state index is 4.96. The van der Waals surface area contributed by atoms with Crippen LogP contribution in [0, 0.1) is 23.7 Å². The highest BCUT2D eigenvalue weighted by molar-refractivity contribution is 7.19. The lowest BCUT2D eigenvalue weighted by Crippen LogP contribution is -2.56. The highest BCUT2D eigenvalue weighted by atomic mass is 31.0. The summed E-state index contributed by atoms with van der Waals surface area (Å²) in [6.07, 6.45) is 12.1. The summed E-state index contributed by atoms with van der Waals surface area (Å²) in [7, 11) is 6.40. The second kappa shape index (κ2) is 8.99. The van der Waals surface area contributed by atoms with Crippen molar-refractivity contribution in [1.29, 1.82) is 0 Å². The van der Waals surface area contributed by atoms with Crippen LogP contribution >= 0.6 is 18.5 Å². The molecule has 5 unspecified atom stereocenters. The summed E-state index contributed by atoms with van der Waals surface area (Å²) in [6, 6.07) is 20.1. The number of aromatic nitrogens is 2. The molecule has 4 heteroatoms. The lowest BCUT2D eigenvalue weighted by atomic mass is 9.43. The van der Waals surface area contributed by atoms with Crippen LogP contribution in [0.2, 0.25) is 0 Å². The van der Waals surface area contributed by atoms with Crippen LogP contribution in [0.1, 0.15) is 81.0 Å². The standard InChI is InChI=1S/C32H40N2P2/c1-30(2,3)24-10-11-25(31-18-21-14-22(19-31)16-23(15-21)27(31)20-35)26(17-24)32(36,28-8-4-6-12-33-28)29-9-5-7-13-34-29/h4-13,17,21-23,27H,14-16,18-20,35-36H2,1-3H3. The Morgan fingerprint density at radius 3 is 1.97 bits per heavy atom. The zero-order valence-electron chi connectivity index (χ0n) is 22.0. The third-order valence-corrected chi connectivity index (χ3v) is 11.2. The molecule has 5 atom stereocenters. The topological polar surface area (TPSA) is 25.8 Å². The van der Waals surface area contributed by atoms with Gasteiger partial charge < -0.3 is 0 Å². The van der Waals surface area contributed by atoms with Crippen LogP contribution in [0.3, 0.4) is 0 Å². The van der Waals surface area contributed by atoms with Gasteiger partial charge in [0.05, 0.1) is 16.5 Å². The Balaban J connectivity index is 1.65. The van der Waals surface area contributed by atoms with E-state index in [9.17, 15) is 0 Å². The third-order valence-electron chi connectivity index (χ3n) is 9.76. The molecule has 0 amide bonds. The minimum absolute atomic E-state index is 0.0641. The largest absolute Gasteiger partial charge is 0.260 e. The maximum atomic E-state index is 4.96. The first-order chi connectivity index (χ1) is 17.3. The van der Waals surface area contributed by atoms with Crippen molar-refractivity contribution in [3.8, 4) is 0 Å². The van der Waals surface area contributed by atoms with E-state index < -0.39 is 5.16 Å². The number of pyridine rings is 2. The highest BCUT2D eigenvalue weighted by Crippen LogP contribution is 2.65. The van der Waals surface area contributed by atoms with E-state index in [1.165, 1.54) is 49.4 Å². The molecule has 0 saturated heterocycles. The van der Waals surface area contributed by atoms with Gasteiger partial charge in [0.15, 0.2) is 0 Å². The van der Waals surface area contributed by atoms with Crippen LogP contribution in [-0.2, 0) is 16.0 Å². The second-order valence-corrected chi connectivity index (χ2v) is 14.2. The number of hydrogen-bond acceptors (Lipinski definition) is 2. The van der Waals surface area contributed by atoms with Crippen molar-refractivity contribution < 1.29 is 0 Å². The van der Waals surface area contributed by atoms with Crippen LogP contribution in [0.4, 0.5) is 0 Å². The van der Waals surface area contributed by atoms with Gasteiger partial charge in [-0.2, -0.15) is 0 Å². The molecule has 0 aliphatic heterocycles. The van der Waals surface area contributed by atoms with Crippen molar-refractivity contribution in [1.82, 2.24) is 9.97 Å². The van der Waals surface area contributed by atoms with Crippen molar-refractivity contribution in [2.75, 3.05) is 6.16 Å². The van der Waals surface area contributed by atoms with Crippen molar-refractivity contribution in [2.45, 2.75) is 68.9 Å². The van der Waals surface area contributed by atoms with Crippen LogP contribution in [0.5, 0.6) is 0 Å². The molecule has 36 heavy (non-hydrogen) atoms. The van der Waals surface area contributed by atoms with E-state index in [0.29, 0.717) is 0 Å². The van der Waals surface area contributed by atoms with E-state index in [1.807, 2.05) is 24.5 Å². The Bertz CT molecular complexity index is 1180. The molecular formula is C32H40N2P2. The lowest BCUT2D eigenvalue weighted by molar-refractivity contribution is -0.0522. The lowest BCUT2D eigenvalue weighted by Gasteiger charge is -2.62. The summed E-state index contributed by atoms with van der Waals surface area (Å²) in [5.74, 6) is 3.37. The zero-order chi connectivity index (χ0) is 25.1. The molecule has 2 heterocycles. The van der Waals surface area contributed by atoms with Crippen LogP contribution in [-0.4, -0.2) is 16.1 Å². The van der Waals surface area contributed by atoms with Gasteiger partial charge >= 0.3 is 0 Å². The molecule has 1 aromatic carbocycles. The Labute approximate surface area is 221 Å². The van der Waals surface area contributed by atoms with Crippen LogP contribution < -0.4 is 0 Å². The molecule has 0 radical (unpaired) electrons. The third kappa shape index (κ3) is 3.82. The SMILES string of the molecule is CC(C)(C)c1ccc(C23CC4CC(CC(C4)C2CP)C3)c(C(P)(c2ccccn2)c2ccccn2)c1. The predicted molar refractivity (Wildman–Crippen MR) is 157 cm³/mol. The molecule has 4 fully saturated rings. The van der Waals surface area contributed by atoms with Gasteiger partial charge in [-0.25, -0.2) is 0 Å². The summed E-state index contributed by atoms with van der Waals surface area (Å²) in [6.45, 7) is 6.98. The first kappa shape index (κ1) is 24.7. The van der Waals surface area contributed by atoms with Gasteiger partial charge in [0, 0.05) is 12.4 Å². The molecule has 4 bridgehead atoms. The molecular weight excluding hydrogens is 474 g/mol. The molecule has 0 spiro atoms. The van der Waals surface area contributed by atoms with Gasteiger partial charge in [-0.15, -0.1) is 18.5 Å². The molecule has 0 N–H and O–H groups in total. The van der Waals surface area contributed by atoms with E-state index in [-0.39, 0.29) is 10.8 Å². The van der Waals surface area contributed by atoms with Crippen molar-refractivity contribution >= 4 is 18.5 Å². The average molecular weight is 515 g/mol. The summed E-state index contributed by atoms with van der Waals surface area (Å²) in [5.41, 5.74) is 6.74. The first-order valence-electron chi connectivity index (χ1n) is 13.7. The molecule has 188 valence electrons. The molecule has 2 aromatic heterocycles. The van der Waals surface area contributed by atoms with Crippen LogP contribution in [0.15, 0.2) is 67.0 Å². The number of nitrogens with zero attached hydrogens (tertiary/aromatic N) is 2. The van der Waals surface area contributed by atoms with E-state index in [1.54, 1.807) is 5.56 Å². The summed E-state index contributed by atoms with van der Waals surface area (Å²) in [5, 5.41) is -0.506. The molecule has 3 aromatic rings. The van der Waals surface area contributed by atoms with E-state index >= 15 is 0 Å². The van der Waals surface area contributed by atoms with Gasteiger partial charge in [0.25, 0.3) is 0 Å². The summed E-state index contributed by atoms with van der Waals surface area (Å²) >= 11 is 0. The fourth-order valence-corrected chi connectivity index (χ4v) is 9.77. The van der Waals surface area contributed by atoms with E-state index in [2.05, 4.69) is 81.7 Å². The Morgan fingerprint density at radius 2 is 1.47 bits per heavy atom. The predicted octanol–water partition coefficient (Wildman–Crippen LogP) is 7.51. The van der Waals surface area contributed by atoms with Crippen molar-refractivity contribution in [3.63, 3.8) is 0 Å². The molecule has 2 nitrogen and oxygen atoms in total. The van der Waals surface area contributed by atoms with Crippen molar-refractivity contribution in [2.24, 2.45) is 23.7 Å². The Morgan fingerprint density at radius 1 is 0.861 bits per heavy atom. The minimum Gasteiger partial charge on any atom is -0.260 e. The molecule has 4 aliphatic rings. The zero-order valence-corrected chi connectivity index (χ0v) is 24.3. The molecule has 4 saturated carbocycles. The highest BCUT2D eigenvalue weighted by Gasteiger charge is 2.58. The normalized spacial score (nSPS) is 29.5. The van der Waals surface area contributed by atoms with Gasteiger partial charge in [-0.3, -0.25) is 9.97 Å². The molecule has 7 rings (SSSR count). The Hall–Kier alpha value is -1.62. The van der Waals surface area contributed by atoms with Crippen LogP contribution in [0.25, 0.3) is 0 Å². The number of rotatable bonds is 5.